The van der Waals surface area contributed by atoms with Crippen molar-refractivity contribution in [1.82, 2.24) is 24.6 Å². The molecule has 5 rings (SSSR count). The summed E-state index contributed by atoms with van der Waals surface area (Å²) >= 11 is 0. The first-order valence-electron chi connectivity index (χ1n) is 8.00. The van der Waals surface area contributed by atoms with Crippen LogP contribution in [0.1, 0.15) is 5.69 Å². The molecule has 26 heavy (non-hydrogen) atoms. The van der Waals surface area contributed by atoms with Crippen LogP contribution < -0.4 is 14.2 Å². The van der Waals surface area contributed by atoms with Crippen molar-refractivity contribution in [2.24, 2.45) is 0 Å². The van der Waals surface area contributed by atoms with E-state index in [4.69, 9.17) is 14.2 Å². The van der Waals surface area contributed by atoms with Crippen LogP contribution in [0.25, 0.3) is 17.0 Å². The van der Waals surface area contributed by atoms with Gasteiger partial charge < -0.3 is 14.2 Å². The van der Waals surface area contributed by atoms with Crippen molar-refractivity contribution in [3.05, 3.63) is 60.7 Å². The third-order valence-electron chi connectivity index (χ3n) is 4.01. The van der Waals surface area contributed by atoms with E-state index < -0.39 is 0 Å². The summed E-state index contributed by atoms with van der Waals surface area (Å²) in [7, 11) is 0. The van der Waals surface area contributed by atoms with Crippen LogP contribution in [-0.2, 0) is 6.61 Å². The molecule has 8 heteroatoms. The molecule has 0 unspecified atom stereocenters. The van der Waals surface area contributed by atoms with Gasteiger partial charge in [-0.1, -0.05) is 6.07 Å². The molecule has 0 saturated carbocycles. The predicted molar refractivity (Wildman–Crippen MR) is 90.9 cm³/mol. The average molecular weight is 347 g/mol. The summed E-state index contributed by atoms with van der Waals surface area (Å²) < 4.78 is 18.5. The zero-order chi connectivity index (χ0) is 17.3. The van der Waals surface area contributed by atoms with Crippen LogP contribution in [-0.4, -0.2) is 31.4 Å². The number of fused-ring (bicyclic) bond motifs is 2. The monoisotopic (exact) mass is 347 g/mol. The van der Waals surface area contributed by atoms with Crippen LogP contribution in [0, 0.1) is 0 Å². The van der Waals surface area contributed by atoms with Gasteiger partial charge in [-0.3, -0.25) is 9.97 Å². The first-order valence-corrected chi connectivity index (χ1v) is 8.00. The molecule has 0 radical (unpaired) electrons. The quantitative estimate of drug-likeness (QED) is 0.561. The summed E-state index contributed by atoms with van der Waals surface area (Å²) in [5.74, 6) is 2.57. The summed E-state index contributed by atoms with van der Waals surface area (Å²) in [6.45, 7) is 0.544. The molecule has 8 nitrogen and oxygen atoms in total. The highest BCUT2D eigenvalue weighted by molar-refractivity contribution is 5.64. The summed E-state index contributed by atoms with van der Waals surface area (Å²) in [6, 6.07) is 11.3. The molecule has 0 atom stereocenters. The number of hydrogen-bond donors (Lipinski definition) is 0. The Morgan fingerprint density at radius 1 is 1.04 bits per heavy atom. The Morgan fingerprint density at radius 2 is 2.00 bits per heavy atom. The van der Waals surface area contributed by atoms with E-state index in [0.29, 0.717) is 29.7 Å². The molecule has 3 aromatic heterocycles. The molecule has 4 aromatic rings. The maximum atomic E-state index is 5.92. The van der Waals surface area contributed by atoms with Gasteiger partial charge >= 0.3 is 0 Å². The Bertz CT molecular complexity index is 1080. The van der Waals surface area contributed by atoms with Crippen molar-refractivity contribution in [3.8, 4) is 28.8 Å². The van der Waals surface area contributed by atoms with E-state index in [0.717, 1.165) is 17.0 Å². The Kier molecular flexibility index (Phi) is 3.38. The maximum Gasteiger partial charge on any atom is 0.231 e. The van der Waals surface area contributed by atoms with Crippen LogP contribution in [0.15, 0.2) is 55.0 Å². The van der Waals surface area contributed by atoms with Gasteiger partial charge in [0.2, 0.25) is 12.7 Å². The molecule has 1 aliphatic heterocycles. The third kappa shape index (κ3) is 2.48. The number of hydrogen-bond acceptors (Lipinski definition) is 7. The van der Waals surface area contributed by atoms with Crippen LogP contribution in [0.3, 0.4) is 0 Å². The summed E-state index contributed by atoms with van der Waals surface area (Å²) in [5, 5.41) is 8.47. The van der Waals surface area contributed by atoms with Gasteiger partial charge in [0, 0.05) is 11.8 Å². The molecule has 1 aliphatic rings. The zero-order valence-corrected chi connectivity index (χ0v) is 13.6. The van der Waals surface area contributed by atoms with Crippen molar-refractivity contribution in [3.63, 3.8) is 0 Å². The van der Waals surface area contributed by atoms with Gasteiger partial charge in [-0.15, -0.1) is 10.2 Å². The standard InChI is InChI=1S/C18H13N5O3/c1-2-6-20-13(3-1)10-24-17-9-19-8-16-21-22-18(23(16)17)12-4-5-14-15(7-12)26-11-25-14/h1-9H,10-11H2. The van der Waals surface area contributed by atoms with Crippen molar-refractivity contribution in [1.29, 1.82) is 0 Å². The van der Waals surface area contributed by atoms with E-state index in [-0.39, 0.29) is 6.79 Å². The highest BCUT2D eigenvalue weighted by Gasteiger charge is 2.18. The van der Waals surface area contributed by atoms with Gasteiger partial charge in [0.05, 0.1) is 18.1 Å². The lowest BCUT2D eigenvalue weighted by molar-refractivity contribution is 0.174. The Hall–Kier alpha value is -3.68. The Morgan fingerprint density at radius 3 is 2.92 bits per heavy atom. The number of pyridine rings is 1. The number of rotatable bonds is 4. The largest absolute Gasteiger partial charge is 0.471 e. The van der Waals surface area contributed by atoms with Crippen LogP contribution in [0.5, 0.6) is 17.4 Å². The van der Waals surface area contributed by atoms with E-state index in [2.05, 4.69) is 20.2 Å². The lowest BCUT2D eigenvalue weighted by Crippen LogP contribution is -2.03. The van der Waals surface area contributed by atoms with E-state index in [1.807, 2.05) is 40.8 Å². The molecule has 0 amide bonds. The summed E-state index contributed by atoms with van der Waals surface area (Å²) in [5.41, 5.74) is 2.26. The molecule has 0 bridgehead atoms. The van der Waals surface area contributed by atoms with E-state index >= 15 is 0 Å². The molecule has 1 aromatic carbocycles. The highest BCUT2D eigenvalue weighted by Crippen LogP contribution is 2.36. The second-order valence-electron chi connectivity index (χ2n) is 5.64. The molecule has 0 aliphatic carbocycles. The lowest BCUT2D eigenvalue weighted by Gasteiger charge is -2.09. The minimum Gasteiger partial charge on any atom is -0.471 e. The van der Waals surface area contributed by atoms with Gasteiger partial charge in [-0.25, -0.2) is 4.40 Å². The molecular formula is C18H13N5O3. The van der Waals surface area contributed by atoms with E-state index in [1.54, 1.807) is 18.6 Å². The summed E-state index contributed by atoms with van der Waals surface area (Å²) in [6.07, 6.45) is 5.00. The summed E-state index contributed by atoms with van der Waals surface area (Å²) in [4.78, 5) is 8.44. The fourth-order valence-electron chi connectivity index (χ4n) is 2.78. The second kappa shape index (κ2) is 5.99. The Labute approximate surface area is 148 Å². The molecule has 128 valence electrons. The van der Waals surface area contributed by atoms with Gasteiger partial charge in [-0.2, -0.15) is 0 Å². The van der Waals surface area contributed by atoms with Crippen LogP contribution in [0.4, 0.5) is 0 Å². The van der Waals surface area contributed by atoms with Crippen molar-refractivity contribution in [2.75, 3.05) is 6.79 Å². The molecule has 0 N–H and O–H groups in total. The topological polar surface area (TPSA) is 83.7 Å². The molecule has 0 saturated heterocycles. The lowest BCUT2D eigenvalue weighted by atomic mass is 10.2. The van der Waals surface area contributed by atoms with Crippen LogP contribution >= 0.6 is 0 Å². The fraction of sp³-hybridized carbons (Fsp3) is 0.111. The molecule has 0 fully saturated rings. The molecule has 0 spiro atoms. The first-order chi connectivity index (χ1) is 12.9. The van der Waals surface area contributed by atoms with E-state index in [1.165, 1.54) is 0 Å². The Balaban J connectivity index is 1.54. The first kappa shape index (κ1) is 14.6. The minimum atomic E-state index is 0.224. The smallest absolute Gasteiger partial charge is 0.231 e. The third-order valence-corrected chi connectivity index (χ3v) is 4.01. The molecular weight excluding hydrogens is 334 g/mol. The van der Waals surface area contributed by atoms with Crippen molar-refractivity contribution >= 4 is 5.65 Å². The zero-order valence-electron chi connectivity index (χ0n) is 13.6. The van der Waals surface area contributed by atoms with Gasteiger partial charge in [-0.05, 0) is 30.3 Å². The predicted octanol–water partition coefficient (Wildman–Crippen LogP) is 2.49. The van der Waals surface area contributed by atoms with Gasteiger partial charge in [0.15, 0.2) is 23.0 Å². The molecule has 4 heterocycles. The fourth-order valence-corrected chi connectivity index (χ4v) is 2.78. The normalized spacial score (nSPS) is 12.5. The average Bonchev–Trinajstić information content (AvgIpc) is 3.33. The SMILES string of the molecule is c1ccc(COc2cncc3nnc(-c4ccc5c(c4)OCO5)n23)nc1. The van der Waals surface area contributed by atoms with Gasteiger partial charge in [0.1, 0.15) is 6.61 Å². The second-order valence-corrected chi connectivity index (χ2v) is 5.64. The maximum absolute atomic E-state index is 5.92. The number of ether oxygens (including phenoxy) is 3. The van der Waals surface area contributed by atoms with Crippen molar-refractivity contribution < 1.29 is 14.2 Å². The highest BCUT2D eigenvalue weighted by atomic mass is 16.7. The van der Waals surface area contributed by atoms with Crippen LogP contribution in [0.2, 0.25) is 0 Å². The van der Waals surface area contributed by atoms with Gasteiger partial charge in [0.25, 0.3) is 0 Å². The minimum absolute atomic E-state index is 0.224. The number of nitrogens with zero attached hydrogens (tertiary/aromatic N) is 5. The van der Waals surface area contributed by atoms with E-state index in [9.17, 15) is 0 Å². The van der Waals surface area contributed by atoms with Crippen molar-refractivity contribution in [2.45, 2.75) is 6.61 Å². The number of benzene rings is 1. The number of aromatic nitrogens is 5.